The van der Waals surface area contributed by atoms with Crippen LogP contribution >= 0.6 is 0 Å². The molecule has 1 saturated heterocycles. The third kappa shape index (κ3) is 2.93. The third-order valence-corrected chi connectivity index (χ3v) is 3.05. The highest BCUT2D eigenvalue weighted by atomic mass is 19.1. The summed E-state index contributed by atoms with van der Waals surface area (Å²) < 4.78 is 13.3. The molecule has 0 atom stereocenters. The van der Waals surface area contributed by atoms with Gasteiger partial charge in [-0.25, -0.2) is 4.39 Å². The second-order valence-electron chi connectivity index (χ2n) is 4.33. The molecule has 2 rings (SSSR count). The number of non-ortho nitro benzene ring substituents is 1. The number of benzene rings is 1. The Morgan fingerprint density at radius 1 is 1.12 bits per heavy atom. The molecule has 1 aliphatic rings. The summed E-state index contributed by atoms with van der Waals surface area (Å²) in [5.74, 6) is -0.543. The number of rotatable bonds is 2. The fraction of sp³-hybridized carbons (Fsp3) is 0.500. The van der Waals surface area contributed by atoms with Crippen molar-refractivity contribution < 1.29 is 9.31 Å². The second kappa shape index (κ2) is 5.12. The van der Waals surface area contributed by atoms with Crippen molar-refractivity contribution in [3.05, 3.63) is 34.1 Å². The van der Waals surface area contributed by atoms with Crippen LogP contribution in [0.2, 0.25) is 0 Å². The molecule has 1 aromatic carbocycles. The maximum atomic E-state index is 13.3. The van der Waals surface area contributed by atoms with Crippen LogP contribution in [-0.2, 0) is 0 Å². The summed E-state index contributed by atoms with van der Waals surface area (Å²) in [5.41, 5.74) is 0.447. The molecule has 1 fully saturated rings. The van der Waals surface area contributed by atoms with Gasteiger partial charge in [0, 0.05) is 24.8 Å². The first-order valence-electron chi connectivity index (χ1n) is 5.87. The standard InChI is InChI=1S/C12H15FN2O2/c13-10-7-11(9-12(8-10)15(16)17)14-5-3-1-2-4-6-14/h7-9H,1-6H2. The number of anilines is 1. The smallest absolute Gasteiger partial charge is 0.274 e. The van der Waals surface area contributed by atoms with E-state index in [1.165, 1.54) is 25.0 Å². The van der Waals surface area contributed by atoms with E-state index in [2.05, 4.69) is 0 Å². The number of halogens is 1. The Morgan fingerprint density at radius 2 is 1.76 bits per heavy atom. The molecule has 0 aliphatic carbocycles. The van der Waals surface area contributed by atoms with Gasteiger partial charge in [0.2, 0.25) is 0 Å². The summed E-state index contributed by atoms with van der Waals surface area (Å²) in [7, 11) is 0. The summed E-state index contributed by atoms with van der Waals surface area (Å²) in [6.07, 6.45) is 4.47. The third-order valence-electron chi connectivity index (χ3n) is 3.05. The fourth-order valence-electron chi connectivity index (χ4n) is 2.18. The molecule has 5 heteroatoms. The van der Waals surface area contributed by atoms with Crippen LogP contribution in [0.1, 0.15) is 25.7 Å². The molecule has 4 nitrogen and oxygen atoms in total. The van der Waals surface area contributed by atoms with Crippen molar-refractivity contribution in [1.82, 2.24) is 0 Å². The lowest BCUT2D eigenvalue weighted by molar-refractivity contribution is -0.385. The SMILES string of the molecule is O=[N+]([O-])c1cc(F)cc(N2CCCCCC2)c1. The van der Waals surface area contributed by atoms with E-state index in [1.54, 1.807) is 0 Å². The Bertz CT molecular complexity index is 415. The van der Waals surface area contributed by atoms with Crippen LogP contribution in [0.25, 0.3) is 0 Å². The number of nitro benzene ring substituents is 1. The second-order valence-corrected chi connectivity index (χ2v) is 4.33. The van der Waals surface area contributed by atoms with Gasteiger partial charge >= 0.3 is 0 Å². The quantitative estimate of drug-likeness (QED) is 0.587. The molecule has 0 saturated carbocycles. The molecule has 0 N–H and O–H groups in total. The van der Waals surface area contributed by atoms with E-state index in [0.29, 0.717) is 5.69 Å². The van der Waals surface area contributed by atoms with Crippen LogP contribution in [0.4, 0.5) is 15.8 Å². The van der Waals surface area contributed by atoms with E-state index in [-0.39, 0.29) is 5.69 Å². The molecule has 0 unspecified atom stereocenters. The molecule has 17 heavy (non-hydrogen) atoms. The van der Waals surface area contributed by atoms with Crippen LogP contribution in [0, 0.1) is 15.9 Å². The average molecular weight is 238 g/mol. The van der Waals surface area contributed by atoms with Crippen LogP contribution < -0.4 is 4.90 Å². The van der Waals surface area contributed by atoms with Crippen molar-refractivity contribution in [3.8, 4) is 0 Å². The normalized spacial score (nSPS) is 16.6. The van der Waals surface area contributed by atoms with Crippen molar-refractivity contribution in [1.29, 1.82) is 0 Å². The molecule has 0 spiro atoms. The van der Waals surface area contributed by atoms with E-state index in [0.717, 1.165) is 32.0 Å². The van der Waals surface area contributed by atoms with Crippen LogP contribution in [0.15, 0.2) is 18.2 Å². The number of nitrogens with zero attached hydrogens (tertiary/aromatic N) is 2. The Kier molecular flexibility index (Phi) is 3.56. The predicted molar refractivity (Wildman–Crippen MR) is 63.7 cm³/mol. The van der Waals surface area contributed by atoms with Gasteiger partial charge in [0.1, 0.15) is 5.82 Å². The maximum Gasteiger partial charge on any atom is 0.274 e. The summed E-state index contributed by atoms with van der Waals surface area (Å²) >= 11 is 0. The number of hydrogen-bond acceptors (Lipinski definition) is 3. The molecule has 1 heterocycles. The molecule has 1 aliphatic heterocycles. The Morgan fingerprint density at radius 3 is 2.35 bits per heavy atom. The zero-order chi connectivity index (χ0) is 12.3. The lowest BCUT2D eigenvalue weighted by atomic mass is 10.2. The summed E-state index contributed by atoms with van der Waals surface area (Å²) in [5, 5.41) is 10.7. The van der Waals surface area contributed by atoms with Crippen molar-refractivity contribution in [2.45, 2.75) is 25.7 Å². The largest absolute Gasteiger partial charge is 0.371 e. The van der Waals surface area contributed by atoms with Crippen LogP contribution in [-0.4, -0.2) is 18.0 Å². The van der Waals surface area contributed by atoms with Crippen LogP contribution in [0.3, 0.4) is 0 Å². The first-order chi connectivity index (χ1) is 8.16. The monoisotopic (exact) mass is 238 g/mol. The van der Waals surface area contributed by atoms with Gasteiger partial charge in [-0.3, -0.25) is 10.1 Å². The number of nitro groups is 1. The molecular weight excluding hydrogens is 223 g/mol. The van der Waals surface area contributed by atoms with E-state index in [4.69, 9.17) is 0 Å². The lowest BCUT2D eigenvalue weighted by Crippen LogP contribution is -2.23. The lowest BCUT2D eigenvalue weighted by Gasteiger charge is -2.22. The minimum atomic E-state index is -0.551. The summed E-state index contributed by atoms with van der Waals surface area (Å²) in [6, 6.07) is 3.79. The van der Waals surface area contributed by atoms with Crippen molar-refractivity contribution in [2.75, 3.05) is 18.0 Å². The molecule has 0 radical (unpaired) electrons. The Balaban J connectivity index is 2.27. The van der Waals surface area contributed by atoms with Crippen molar-refractivity contribution in [3.63, 3.8) is 0 Å². The molecule has 0 aromatic heterocycles. The predicted octanol–water partition coefficient (Wildman–Crippen LogP) is 3.11. The average Bonchev–Trinajstić information content (AvgIpc) is 2.56. The van der Waals surface area contributed by atoms with E-state index in [1.807, 2.05) is 4.90 Å². The van der Waals surface area contributed by atoms with Crippen LogP contribution in [0.5, 0.6) is 0 Å². The van der Waals surface area contributed by atoms with Crippen molar-refractivity contribution in [2.24, 2.45) is 0 Å². The van der Waals surface area contributed by atoms with Gasteiger partial charge in [-0.15, -0.1) is 0 Å². The molecule has 0 amide bonds. The fourth-order valence-corrected chi connectivity index (χ4v) is 2.18. The highest BCUT2D eigenvalue weighted by Crippen LogP contribution is 2.25. The number of hydrogen-bond donors (Lipinski definition) is 0. The minimum absolute atomic E-state index is 0.177. The van der Waals surface area contributed by atoms with Gasteiger partial charge in [-0.2, -0.15) is 0 Å². The molecule has 92 valence electrons. The zero-order valence-electron chi connectivity index (χ0n) is 9.56. The summed E-state index contributed by atoms with van der Waals surface area (Å²) in [6.45, 7) is 1.70. The minimum Gasteiger partial charge on any atom is -0.371 e. The van der Waals surface area contributed by atoms with Gasteiger partial charge in [0.05, 0.1) is 11.0 Å². The first kappa shape index (κ1) is 11.8. The highest BCUT2D eigenvalue weighted by Gasteiger charge is 2.15. The maximum absolute atomic E-state index is 13.3. The van der Waals surface area contributed by atoms with Gasteiger partial charge in [-0.05, 0) is 18.9 Å². The Labute approximate surface area is 99.2 Å². The van der Waals surface area contributed by atoms with E-state index < -0.39 is 10.7 Å². The van der Waals surface area contributed by atoms with Gasteiger partial charge < -0.3 is 4.90 Å². The highest BCUT2D eigenvalue weighted by molar-refractivity contribution is 5.53. The topological polar surface area (TPSA) is 46.4 Å². The van der Waals surface area contributed by atoms with Gasteiger partial charge in [0.25, 0.3) is 5.69 Å². The zero-order valence-corrected chi connectivity index (χ0v) is 9.56. The van der Waals surface area contributed by atoms with Crippen molar-refractivity contribution >= 4 is 11.4 Å². The molecule has 0 bridgehead atoms. The molecular formula is C12H15FN2O2. The summed E-state index contributed by atoms with van der Waals surface area (Å²) in [4.78, 5) is 12.2. The Hall–Kier alpha value is -1.65. The first-order valence-corrected chi connectivity index (χ1v) is 5.87. The van der Waals surface area contributed by atoms with Gasteiger partial charge in [-0.1, -0.05) is 12.8 Å². The molecule has 1 aromatic rings. The van der Waals surface area contributed by atoms with Gasteiger partial charge in [0.15, 0.2) is 0 Å². The van der Waals surface area contributed by atoms with E-state index in [9.17, 15) is 14.5 Å². The van der Waals surface area contributed by atoms with E-state index >= 15 is 0 Å².